The molecule has 1 unspecified atom stereocenters. The lowest BCUT2D eigenvalue weighted by Gasteiger charge is -2.13. The van der Waals surface area contributed by atoms with Crippen molar-refractivity contribution >= 4 is 17.0 Å². The number of fused-ring (bicyclic) bond motifs is 1. The van der Waals surface area contributed by atoms with Crippen molar-refractivity contribution in [2.75, 3.05) is 12.3 Å². The number of nitrogen functional groups attached to an aromatic ring is 1. The zero-order valence-electron chi connectivity index (χ0n) is 9.55. The van der Waals surface area contributed by atoms with Crippen molar-refractivity contribution in [2.24, 2.45) is 0 Å². The molecule has 0 fully saturated rings. The Morgan fingerprint density at radius 3 is 3.12 bits per heavy atom. The molecule has 5 nitrogen and oxygen atoms in total. The Bertz CT molecular complexity index is 480. The van der Waals surface area contributed by atoms with Gasteiger partial charge in [-0.15, -0.1) is 0 Å². The summed E-state index contributed by atoms with van der Waals surface area (Å²) in [6.07, 6.45) is 3.58. The van der Waals surface area contributed by atoms with Gasteiger partial charge in [-0.25, -0.2) is 4.98 Å². The Morgan fingerprint density at radius 1 is 1.56 bits per heavy atom. The molecule has 16 heavy (non-hydrogen) atoms. The minimum Gasteiger partial charge on any atom is -0.377 e. The zero-order valence-corrected chi connectivity index (χ0v) is 9.55. The monoisotopic (exact) mass is 220 g/mol. The lowest BCUT2D eigenvalue weighted by molar-refractivity contribution is 0.0652. The van der Waals surface area contributed by atoms with Crippen molar-refractivity contribution in [1.82, 2.24) is 14.5 Å². The van der Waals surface area contributed by atoms with Gasteiger partial charge in [0.15, 0.2) is 0 Å². The van der Waals surface area contributed by atoms with Crippen LogP contribution in [0.4, 0.5) is 5.95 Å². The molecule has 2 heterocycles. The van der Waals surface area contributed by atoms with E-state index in [1.807, 2.05) is 24.5 Å². The van der Waals surface area contributed by atoms with E-state index in [9.17, 15) is 0 Å². The van der Waals surface area contributed by atoms with E-state index < -0.39 is 0 Å². The normalized spacial score (nSPS) is 13.1. The van der Waals surface area contributed by atoms with Crippen LogP contribution in [-0.4, -0.2) is 27.2 Å². The maximum absolute atomic E-state index is 5.87. The molecule has 1 atom stereocenters. The van der Waals surface area contributed by atoms with Crippen LogP contribution in [0.15, 0.2) is 18.5 Å². The Morgan fingerprint density at radius 2 is 2.38 bits per heavy atom. The predicted molar refractivity (Wildman–Crippen MR) is 63.0 cm³/mol. The molecule has 2 aromatic heterocycles. The summed E-state index contributed by atoms with van der Waals surface area (Å²) in [4.78, 5) is 8.27. The van der Waals surface area contributed by atoms with Crippen LogP contribution >= 0.6 is 0 Å². The smallest absolute Gasteiger partial charge is 0.201 e. The van der Waals surface area contributed by atoms with Gasteiger partial charge in [0, 0.05) is 12.8 Å². The average molecular weight is 220 g/mol. The number of pyridine rings is 1. The maximum Gasteiger partial charge on any atom is 0.201 e. The van der Waals surface area contributed by atoms with Crippen LogP contribution in [0.5, 0.6) is 0 Å². The van der Waals surface area contributed by atoms with Gasteiger partial charge in [-0.2, -0.15) is 0 Å². The topological polar surface area (TPSA) is 66.0 Å². The second-order valence-corrected chi connectivity index (χ2v) is 3.71. The fourth-order valence-electron chi connectivity index (χ4n) is 1.79. The van der Waals surface area contributed by atoms with Gasteiger partial charge in [-0.05, 0) is 19.9 Å². The fourth-order valence-corrected chi connectivity index (χ4v) is 1.79. The van der Waals surface area contributed by atoms with Crippen molar-refractivity contribution in [2.45, 2.75) is 26.5 Å². The highest BCUT2D eigenvalue weighted by Crippen LogP contribution is 2.17. The van der Waals surface area contributed by atoms with E-state index in [0.717, 1.165) is 11.0 Å². The Labute approximate surface area is 94.2 Å². The maximum atomic E-state index is 5.87. The van der Waals surface area contributed by atoms with E-state index in [0.29, 0.717) is 19.1 Å². The molecule has 0 amide bonds. The molecule has 86 valence electrons. The molecule has 2 N–H and O–H groups in total. The van der Waals surface area contributed by atoms with E-state index in [1.165, 1.54) is 0 Å². The molecule has 0 aliphatic rings. The molecule has 5 heteroatoms. The summed E-state index contributed by atoms with van der Waals surface area (Å²) in [7, 11) is 0. The number of imidazole rings is 1. The van der Waals surface area contributed by atoms with E-state index in [1.54, 1.807) is 12.4 Å². The molecule has 0 saturated carbocycles. The largest absolute Gasteiger partial charge is 0.377 e. The standard InChI is InChI=1S/C11H16N4O/c1-3-16-8(2)7-15-10-4-5-13-6-9(10)14-11(15)12/h4-6,8H,3,7H2,1-2H3,(H2,12,14). The number of anilines is 1. The molecular formula is C11H16N4O. The van der Waals surface area contributed by atoms with Crippen molar-refractivity contribution in [3.05, 3.63) is 18.5 Å². The van der Waals surface area contributed by atoms with E-state index in [4.69, 9.17) is 10.5 Å². The van der Waals surface area contributed by atoms with E-state index >= 15 is 0 Å². The summed E-state index contributed by atoms with van der Waals surface area (Å²) in [6, 6.07) is 1.91. The summed E-state index contributed by atoms with van der Waals surface area (Å²) < 4.78 is 7.45. The van der Waals surface area contributed by atoms with Crippen LogP contribution in [-0.2, 0) is 11.3 Å². The molecular weight excluding hydrogens is 204 g/mol. The number of ether oxygens (including phenoxy) is 1. The zero-order chi connectivity index (χ0) is 11.5. The third-order valence-corrected chi connectivity index (χ3v) is 2.47. The van der Waals surface area contributed by atoms with Crippen molar-refractivity contribution in [1.29, 1.82) is 0 Å². The Balaban J connectivity index is 2.32. The highest BCUT2D eigenvalue weighted by Gasteiger charge is 2.10. The molecule has 0 aliphatic heterocycles. The quantitative estimate of drug-likeness (QED) is 0.846. The summed E-state index contributed by atoms with van der Waals surface area (Å²) in [5, 5.41) is 0. The first-order valence-electron chi connectivity index (χ1n) is 5.39. The van der Waals surface area contributed by atoms with Crippen molar-refractivity contribution in [3.63, 3.8) is 0 Å². The van der Waals surface area contributed by atoms with Gasteiger partial charge in [0.2, 0.25) is 5.95 Å². The molecule has 2 rings (SSSR count). The second-order valence-electron chi connectivity index (χ2n) is 3.71. The minimum atomic E-state index is 0.123. The Kier molecular flexibility index (Phi) is 3.05. The first-order valence-corrected chi connectivity index (χ1v) is 5.39. The summed E-state index contributed by atoms with van der Waals surface area (Å²) in [5.74, 6) is 0.509. The van der Waals surface area contributed by atoms with Crippen LogP contribution < -0.4 is 5.73 Å². The van der Waals surface area contributed by atoms with Crippen LogP contribution in [0.2, 0.25) is 0 Å². The highest BCUT2D eigenvalue weighted by atomic mass is 16.5. The molecule has 0 aliphatic carbocycles. The lowest BCUT2D eigenvalue weighted by Crippen LogP contribution is -2.17. The van der Waals surface area contributed by atoms with Gasteiger partial charge in [-0.1, -0.05) is 0 Å². The number of nitrogens with zero attached hydrogens (tertiary/aromatic N) is 3. The molecule has 2 aromatic rings. The third kappa shape index (κ3) is 1.99. The predicted octanol–water partition coefficient (Wildman–Crippen LogP) is 1.44. The lowest BCUT2D eigenvalue weighted by atomic mass is 10.3. The van der Waals surface area contributed by atoms with Crippen molar-refractivity contribution < 1.29 is 4.74 Å². The van der Waals surface area contributed by atoms with Crippen LogP contribution in [0.3, 0.4) is 0 Å². The Hall–Kier alpha value is -1.62. The van der Waals surface area contributed by atoms with Gasteiger partial charge in [0.1, 0.15) is 5.52 Å². The van der Waals surface area contributed by atoms with E-state index in [-0.39, 0.29) is 6.10 Å². The van der Waals surface area contributed by atoms with Gasteiger partial charge < -0.3 is 15.0 Å². The number of hydrogen-bond acceptors (Lipinski definition) is 4. The minimum absolute atomic E-state index is 0.123. The van der Waals surface area contributed by atoms with Gasteiger partial charge in [0.25, 0.3) is 0 Å². The van der Waals surface area contributed by atoms with Crippen molar-refractivity contribution in [3.8, 4) is 0 Å². The van der Waals surface area contributed by atoms with Gasteiger partial charge >= 0.3 is 0 Å². The van der Waals surface area contributed by atoms with Crippen LogP contribution in [0.25, 0.3) is 11.0 Å². The first kappa shape index (κ1) is 10.9. The van der Waals surface area contributed by atoms with Gasteiger partial charge in [0.05, 0.1) is 24.4 Å². The molecule has 0 aromatic carbocycles. The third-order valence-electron chi connectivity index (χ3n) is 2.47. The molecule has 0 spiro atoms. The number of aromatic nitrogens is 3. The average Bonchev–Trinajstić information content (AvgIpc) is 2.56. The highest BCUT2D eigenvalue weighted by molar-refractivity contribution is 5.76. The SMILES string of the molecule is CCOC(C)Cn1c(N)nc2cnccc21. The number of hydrogen-bond donors (Lipinski definition) is 1. The number of rotatable bonds is 4. The summed E-state index contributed by atoms with van der Waals surface area (Å²) >= 11 is 0. The van der Waals surface area contributed by atoms with Crippen LogP contribution in [0, 0.1) is 0 Å². The summed E-state index contributed by atoms with van der Waals surface area (Å²) in [6.45, 7) is 5.42. The summed E-state index contributed by atoms with van der Waals surface area (Å²) in [5.41, 5.74) is 7.69. The van der Waals surface area contributed by atoms with E-state index in [2.05, 4.69) is 9.97 Å². The first-order chi connectivity index (χ1) is 7.72. The fraction of sp³-hybridized carbons (Fsp3) is 0.455. The van der Waals surface area contributed by atoms with Crippen LogP contribution in [0.1, 0.15) is 13.8 Å². The molecule has 0 radical (unpaired) electrons. The van der Waals surface area contributed by atoms with Gasteiger partial charge in [-0.3, -0.25) is 4.98 Å². The molecule has 0 saturated heterocycles. The molecule has 0 bridgehead atoms. The number of nitrogens with two attached hydrogens (primary N) is 1. The second kappa shape index (κ2) is 4.49.